The number of nitrogens with zero attached hydrogens (tertiary/aromatic N) is 1. The molecule has 0 unspecified atom stereocenters. The summed E-state index contributed by atoms with van der Waals surface area (Å²) in [6.45, 7) is 3.59. The molecule has 0 aromatic heterocycles. The summed E-state index contributed by atoms with van der Waals surface area (Å²) in [5, 5.41) is 9.20. The molecule has 0 amide bonds. The fourth-order valence-electron chi connectivity index (χ4n) is 1.01. The average molecular weight is 198 g/mol. The predicted molar refractivity (Wildman–Crippen MR) is 51.7 cm³/mol. The van der Waals surface area contributed by atoms with Crippen molar-refractivity contribution in [2.45, 2.75) is 6.54 Å². The fraction of sp³-hybridized carbons (Fsp3) is 0.111. The van der Waals surface area contributed by atoms with Gasteiger partial charge in [-0.25, -0.2) is 4.79 Å². The zero-order valence-corrected chi connectivity index (χ0v) is 7.58. The molecular weight excluding hydrogens is 190 g/mol. The number of aliphatic imine (C=N–C) groups is 1. The second-order valence-electron chi connectivity index (χ2n) is 2.49. The fourth-order valence-corrected chi connectivity index (χ4v) is 1.18. The molecule has 0 saturated heterocycles. The van der Waals surface area contributed by atoms with E-state index in [1.165, 1.54) is 6.07 Å². The highest BCUT2D eigenvalue weighted by atomic mass is 35.5. The number of carboxylic acids is 1. The Morgan fingerprint density at radius 1 is 1.62 bits per heavy atom. The number of benzene rings is 1. The van der Waals surface area contributed by atoms with E-state index in [9.17, 15) is 4.79 Å². The van der Waals surface area contributed by atoms with Gasteiger partial charge >= 0.3 is 5.97 Å². The summed E-state index contributed by atoms with van der Waals surface area (Å²) in [6.07, 6.45) is 0. The largest absolute Gasteiger partial charge is 0.478 e. The van der Waals surface area contributed by atoms with Gasteiger partial charge in [0.1, 0.15) is 0 Å². The standard InChI is InChI=1S/C9H8ClNO2/c1-11-5-6-2-3-7(10)4-8(6)9(12)13/h2-4H,1,5H2,(H,12,13). The van der Waals surface area contributed by atoms with Crippen molar-refractivity contribution >= 4 is 24.3 Å². The van der Waals surface area contributed by atoms with E-state index < -0.39 is 5.97 Å². The first-order valence-corrected chi connectivity index (χ1v) is 3.97. The van der Waals surface area contributed by atoms with Crippen molar-refractivity contribution in [3.05, 3.63) is 34.3 Å². The molecule has 0 aliphatic rings. The molecule has 0 fully saturated rings. The number of aromatic carboxylic acids is 1. The minimum absolute atomic E-state index is 0.180. The van der Waals surface area contributed by atoms with Crippen molar-refractivity contribution in [1.82, 2.24) is 0 Å². The van der Waals surface area contributed by atoms with E-state index in [2.05, 4.69) is 11.7 Å². The molecule has 0 radical (unpaired) electrons. The normalized spacial score (nSPS) is 9.62. The topological polar surface area (TPSA) is 49.7 Å². The number of hydrogen-bond donors (Lipinski definition) is 1. The van der Waals surface area contributed by atoms with E-state index in [0.29, 0.717) is 17.1 Å². The third-order valence-electron chi connectivity index (χ3n) is 1.58. The minimum Gasteiger partial charge on any atom is -0.478 e. The van der Waals surface area contributed by atoms with E-state index in [4.69, 9.17) is 16.7 Å². The van der Waals surface area contributed by atoms with E-state index in [-0.39, 0.29) is 5.56 Å². The SMILES string of the molecule is C=NCc1ccc(Cl)cc1C(=O)O. The zero-order chi connectivity index (χ0) is 9.84. The average Bonchev–Trinajstić information content (AvgIpc) is 2.08. The van der Waals surface area contributed by atoms with Crippen LogP contribution >= 0.6 is 11.6 Å². The highest BCUT2D eigenvalue weighted by molar-refractivity contribution is 6.30. The molecule has 0 aliphatic carbocycles. The molecule has 3 nitrogen and oxygen atoms in total. The maximum absolute atomic E-state index is 10.7. The number of hydrogen-bond acceptors (Lipinski definition) is 2. The van der Waals surface area contributed by atoms with Gasteiger partial charge in [-0.15, -0.1) is 0 Å². The molecule has 0 heterocycles. The highest BCUT2D eigenvalue weighted by Gasteiger charge is 2.09. The van der Waals surface area contributed by atoms with E-state index >= 15 is 0 Å². The summed E-state index contributed by atoms with van der Waals surface area (Å²) < 4.78 is 0. The molecule has 0 atom stereocenters. The van der Waals surface area contributed by atoms with Gasteiger partial charge in [0.05, 0.1) is 12.1 Å². The smallest absolute Gasteiger partial charge is 0.336 e. The van der Waals surface area contributed by atoms with Crippen LogP contribution in [-0.2, 0) is 6.54 Å². The molecule has 1 aromatic carbocycles. The van der Waals surface area contributed by atoms with Crippen molar-refractivity contribution in [2.75, 3.05) is 0 Å². The molecule has 0 aliphatic heterocycles. The number of halogens is 1. The summed E-state index contributed by atoms with van der Waals surface area (Å²) >= 11 is 5.65. The summed E-state index contributed by atoms with van der Waals surface area (Å²) in [7, 11) is 0. The van der Waals surface area contributed by atoms with Crippen molar-refractivity contribution < 1.29 is 9.90 Å². The van der Waals surface area contributed by atoms with Crippen LogP contribution in [0.5, 0.6) is 0 Å². The molecule has 0 saturated carbocycles. The second-order valence-corrected chi connectivity index (χ2v) is 2.92. The van der Waals surface area contributed by atoms with E-state index in [1.807, 2.05) is 0 Å². The maximum Gasteiger partial charge on any atom is 0.336 e. The first-order chi connectivity index (χ1) is 6.15. The summed E-state index contributed by atoms with van der Waals surface area (Å²) in [5.41, 5.74) is 0.798. The molecule has 13 heavy (non-hydrogen) atoms. The van der Waals surface area contributed by atoms with Crippen LogP contribution in [0.4, 0.5) is 0 Å². The third-order valence-corrected chi connectivity index (χ3v) is 1.82. The number of carbonyl (C=O) groups is 1. The first-order valence-electron chi connectivity index (χ1n) is 3.59. The van der Waals surface area contributed by atoms with Crippen molar-refractivity contribution in [3.63, 3.8) is 0 Å². The molecular formula is C9H8ClNO2. The van der Waals surface area contributed by atoms with Gasteiger partial charge in [-0.3, -0.25) is 4.99 Å². The van der Waals surface area contributed by atoms with Crippen LogP contribution in [0.3, 0.4) is 0 Å². The lowest BCUT2D eigenvalue weighted by Gasteiger charge is -2.02. The van der Waals surface area contributed by atoms with Crippen molar-refractivity contribution in [1.29, 1.82) is 0 Å². The lowest BCUT2D eigenvalue weighted by Crippen LogP contribution is -2.01. The van der Waals surface area contributed by atoms with Gasteiger partial charge in [0.25, 0.3) is 0 Å². The highest BCUT2D eigenvalue weighted by Crippen LogP contribution is 2.16. The van der Waals surface area contributed by atoms with E-state index in [1.54, 1.807) is 12.1 Å². The Bertz CT molecular complexity index is 349. The van der Waals surface area contributed by atoms with Gasteiger partial charge in [0.15, 0.2) is 0 Å². The Morgan fingerprint density at radius 3 is 2.85 bits per heavy atom. The van der Waals surface area contributed by atoms with Gasteiger partial charge in [-0.1, -0.05) is 17.7 Å². The Balaban J connectivity index is 3.17. The van der Waals surface area contributed by atoms with Gasteiger partial charge in [0, 0.05) is 5.02 Å². The molecule has 68 valence electrons. The molecule has 1 aromatic rings. The van der Waals surface area contributed by atoms with Crippen LogP contribution in [0.15, 0.2) is 23.2 Å². The van der Waals surface area contributed by atoms with Crippen LogP contribution in [0.2, 0.25) is 5.02 Å². The van der Waals surface area contributed by atoms with Gasteiger partial charge in [0.2, 0.25) is 0 Å². The van der Waals surface area contributed by atoms with Crippen LogP contribution in [-0.4, -0.2) is 17.8 Å². The van der Waals surface area contributed by atoms with Crippen molar-refractivity contribution in [2.24, 2.45) is 4.99 Å². The molecule has 0 bridgehead atoms. The van der Waals surface area contributed by atoms with Crippen molar-refractivity contribution in [3.8, 4) is 0 Å². The van der Waals surface area contributed by atoms with Gasteiger partial charge in [-0.05, 0) is 24.4 Å². The van der Waals surface area contributed by atoms with Crippen LogP contribution in [0.25, 0.3) is 0 Å². The zero-order valence-electron chi connectivity index (χ0n) is 6.83. The van der Waals surface area contributed by atoms with E-state index in [0.717, 1.165) is 0 Å². The molecule has 1 rings (SSSR count). The number of rotatable bonds is 3. The summed E-state index contributed by atoms with van der Waals surface area (Å²) in [5.74, 6) is -0.999. The van der Waals surface area contributed by atoms with Gasteiger partial charge in [-0.2, -0.15) is 0 Å². The maximum atomic E-state index is 10.7. The Labute approximate surface area is 80.7 Å². The van der Waals surface area contributed by atoms with Crippen LogP contribution in [0, 0.1) is 0 Å². The summed E-state index contributed by atoms with van der Waals surface area (Å²) in [6, 6.07) is 4.68. The summed E-state index contributed by atoms with van der Waals surface area (Å²) in [4.78, 5) is 14.4. The monoisotopic (exact) mass is 197 g/mol. The lowest BCUT2D eigenvalue weighted by molar-refractivity contribution is 0.0695. The lowest BCUT2D eigenvalue weighted by atomic mass is 10.1. The van der Waals surface area contributed by atoms with Gasteiger partial charge < -0.3 is 5.11 Å². The third kappa shape index (κ3) is 2.29. The van der Waals surface area contributed by atoms with Crippen LogP contribution < -0.4 is 0 Å². The molecule has 4 heteroatoms. The Hall–Kier alpha value is -1.35. The van der Waals surface area contributed by atoms with Crippen LogP contribution in [0.1, 0.15) is 15.9 Å². The Kier molecular flexibility index (Phi) is 3.03. The minimum atomic E-state index is -0.999. The number of carboxylic acid groups (broad SMARTS) is 1. The Morgan fingerprint density at radius 2 is 2.31 bits per heavy atom. The second kappa shape index (κ2) is 4.05. The quantitative estimate of drug-likeness (QED) is 0.756. The molecule has 1 N–H and O–H groups in total. The predicted octanol–water partition coefficient (Wildman–Crippen LogP) is 2.24. The molecule has 0 spiro atoms. The first kappa shape index (κ1) is 9.74.